The van der Waals surface area contributed by atoms with Crippen LogP contribution >= 0.6 is 0 Å². The van der Waals surface area contributed by atoms with Gasteiger partial charge in [0.1, 0.15) is 4.90 Å². The van der Waals surface area contributed by atoms with Gasteiger partial charge in [-0.15, -0.1) is 0 Å². The van der Waals surface area contributed by atoms with Gasteiger partial charge in [0, 0.05) is 26.2 Å². The molecule has 0 saturated carbocycles. The molecule has 1 aromatic rings. The molecule has 0 N–H and O–H groups in total. The summed E-state index contributed by atoms with van der Waals surface area (Å²) in [7, 11) is -3.47. The SMILES string of the molecule is CCN(CC)c1ncc(S(=O)(=O)N(CC)CC)cn1. The second-order valence-electron chi connectivity index (χ2n) is 3.98. The predicted octanol–water partition coefficient (Wildman–Crippen LogP) is 1.35. The minimum atomic E-state index is -3.47. The summed E-state index contributed by atoms with van der Waals surface area (Å²) in [6, 6.07) is 0. The van der Waals surface area contributed by atoms with E-state index in [1.165, 1.54) is 16.7 Å². The van der Waals surface area contributed by atoms with Crippen molar-refractivity contribution in [2.45, 2.75) is 32.6 Å². The molecule has 6 nitrogen and oxygen atoms in total. The van der Waals surface area contributed by atoms with Crippen molar-refractivity contribution in [2.24, 2.45) is 0 Å². The van der Waals surface area contributed by atoms with Gasteiger partial charge >= 0.3 is 0 Å². The fourth-order valence-electron chi connectivity index (χ4n) is 1.82. The quantitative estimate of drug-likeness (QED) is 0.757. The first-order chi connectivity index (χ1) is 9.01. The largest absolute Gasteiger partial charge is 0.341 e. The number of rotatable bonds is 7. The molecule has 0 saturated heterocycles. The summed E-state index contributed by atoms with van der Waals surface area (Å²) in [5.74, 6) is 0.559. The minimum absolute atomic E-state index is 0.145. The molecule has 0 fully saturated rings. The van der Waals surface area contributed by atoms with Gasteiger partial charge in [0.25, 0.3) is 0 Å². The Hall–Kier alpha value is -1.21. The van der Waals surface area contributed by atoms with E-state index in [9.17, 15) is 8.42 Å². The summed E-state index contributed by atoms with van der Waals surface area (Å²) in [5, 5.41) is 0. The number of aromatic nitrogens is 2. The minimum Gasteiger partial charge on any atom is -0.341 e. The average Bonchev–Trinajstić information content (AvgIpc) is 2.42. The number of hydrogen-bond donors (Lipinski definition) is 0. The van der Waals surface area contributed by atoms with Crippen LogP contribution in [-0.4, -0.2) is 48.9 Å². The van der Waals surface area contributed by atoms with E-state index in [0.717, 1.165) is 13.1 Å². The van der Waals surface area contributed by atoms with Crippen LogP contribution < -0.4 is 4.90 Å². The summed E-state index contributed by atoms with van der Waals surface area (Å²) in [6.45, 7) is 10.1. The molecule has 0 unspecified atom stereocenters. The smallest absolute Gasteiger partial charge is 0.246 e. The topological polar surface area (TPSA) is 66.4 Å². The lowest BCUT2D eigenvalue weighted by molar-refractivity contribution is 0.444. The lowest BCUT2D eigenvalue weighted by Gasteiger charge is -2.20. The molecule has 0 atom stereocenters. The van der Waals surface area contributed by atoms with Crippen LogP contribution in [0.5, 0.6) is 0 Å². The van der Waals surface area contributed by atoms with E-state index in [0.29, 0.717) is 19.0 Å². The lowest BCUT2D eigenvalue weighted by atomic mass is 10.5. The van der Waals surface area contributed by atoms with Crippen molar-refractivity contribution in [2.75, 3.05) is 31.1 Å². The maximum absolute atomic E-state index is 12.2. The zero-order valence-corrected chi connectivity index (χ0v) is 12.8. The van der Waals surface area contributed by atoms with E-state index in [1.807, 2.05) is 32.6 Å². The number of hydrogen-bond acceptors (Lipinski definition) is 5. The third-order valence-corrected chi connectivity index (χ3v) is 5.01. The molecular weight excluding hydrogens is 264 g/mol. The molecule has 0 aliphatic heterocycles. The highest BCUT2D eigenvalue weighted by molar-refractivity contribution is 7.89. The molecule has 0 aromatic carbocycles. The van der Waals surface area contributed by atoms with Gasteiger partial charge in [-0.2, -0.15) is 4.31 Å². The maximum Gasteiger partial charge on any atom is 0.246 e. The van der Waals surface area contributed by atoms with Crippen LogP contribution in [0.15, 0.2) is 17.3 Å². The molecule has 0 radical (unpaired) electrons. The van der Waals surface area contributed by atoms with Crippen molar-refractivity contribution in [3.8, 4) is 0 Å². The standard InChI is InChI=1S/C12H22N4O2S/c1-5-15(6-2)12-13-9-11(10-14-12)19(17,18)16(7-3)8-4/h9-10H,5-8H2,1-4H3. The Labute approximate surface area is 115 Å². The monoisotopic (exact) mass is 286 g/mol. The second kappa shape index (κ2) is 6.81. The molecule has 1 heterocycles. The van der Waals surface area contributed by atoms with E-state index >= 15 is 0 Å². The Morgan fingerprint density at radius 3 is 1.79 bits per heavy atom. The van der Waals surface area contributed by atoms with Crippen LogP contribution in [0.2, 0.25) is 0 Å². The van der Waals surface area contributed by atoms with Crippen LogP contribution in [-0.2, 0) is 10.0 Å². The summed E-state index contributed by atoms with van der Waals surface area (Å²) < 4.78 is 25.9. The van der Waals surface area contributed by atoms with Gasteiger partial charge in [-0.1, -0.05) is 13.8 Å². The predicted molar refractivity (Wildman–Crippen MR) is 75.7 cm³/mol. The van der Waals surface area contributed by atoms with Gasteiger partial charge in [0.05, 0.1) is 12.4 Å². The highest BCUT2D eigenvalue weighted by atomic mass is 32.2. The Bertz CT molecular complexity index is 479. The summed E-state index contributed by atoms with van der Waals surface area (Å²) in [4.78, 5) is 10.4. The number of anilines is 1. The molecule has 108 valence electrons. The van der Waals surface area contributed by atoms with Gasteiger partial charge < -0.3 is 4.90 Å². The maximum atomic E-state index is 12.2. The average molecular weight is 286 g/mol. The highest BCUT2D eigenvalue weighted by Crippen LogP contribution is 2.15. The molecule has 0 bridgehead atoms. The Morgan fingerprint density at radius 2 is 1.42 bits per heavy atom. The van der Waals surface area contributed by atoms with Gasteiger partial charge in [-0.25, -0.2) is 18.4 Å². The Morgan fingerprint density at radius 1 is 0.947 bits per heavy atom. The molecule has 0 amide bonds. The normalized spacial score (nSPS) is 11.8. The first-order valence-corrected chi connectivity index (χ1v) is 8.02. The number of nitrogens with zero attached hydrogens (tertiary/aromatic N) is 4. The van der Waals surface area contributed by atoms with Gasteiger partial charge in [-0.3, -0.25) is 0 Å². The first kappa shape index (κ1) is 15.8. The molecule has 7 heteroatoms. The molecular formula is C12H22N4O2S. The van der Waals surface area contributed by atoms with Crippen LogP contribution in [0, 0.1) is 0 Å². The van der Waals surface area contributed by atoms with Crippen LogP contribution in [0.3, 0.4) is 0 Å². The van der Waals surface area contributed by atoms with Gasteiger partial charge in [0.15, 0.2) is 0 Å². The van der Waals surface area contributed by atoms with E-state index in [2.05, 4.69) is 9.97 Å². The molecule has 1 aromatic heterocycles. The van der Waals surface area contributed by atoms with E-state index in [-0.39, 0.29) is 4.90 Å². The van der Waals surface area contributed by atoms with Gasteiger partial charge in [-0.05, 0) is 13.8 Å². The second-order valence-corrected chi connectivity index (χ2v) is 5.92. The zero-order chi connectivity index (χ0) is 14.5. The lowest BCUT2D eigenvalue weighted by Crippen LogP contribution is -2.31. The van der Waals surface area contributed by atoms with E-state index in [1.54, 1.807) is 0 Å². The summed E-state index contributed by atoms with van der Waals surface area (Å²) >= 11 is 0. The van der Waals surface area contributed by atoms with Crippen LogP contribution in [0.1, 0.15) is 27.7 Å². The molecule has 0 spiro atoms. The van der Waals surface area contributed by atoms with Crippen molar-refractivity contribution < 1.29 is 8.42 Å². The molecule has 1 rings (SSSR count). The zero-order valence-electron chi connectivity index (χ0n) is 12.0. The van der Waals surface area contributed by atoms with Crippen molar-refractivity contribution in [3.63, 3.8) is 0 Å². The van der Waals surface area contributed by atoms with Crippen molar-refractivity contribution in [3.05, 3.63) is 12.4 Å². The fourth-order valence-corrected chi connectivity index (χ4v) is 3.17. The van der Waals surface area contributed by atoms with E-state index < -0.39 is 10.0 Å². The van der Waals surface area contributed by atoms with Crippen molar-refractivity contribution in [1.82, 2.24) is 14.3 Å². The molecule has 0 aliphatic carbocycles. The first-order valence-electron chi connectivity index (χ1n) is 6.58. The van der Waals surface area contributed by atoms with E-state index in [4.69, 9.17) is 0 Å². The summed E-state index contributed by atoms with van der Waals surface area (Å²) in [5.41, 5.74) is 0. The third-order valence-electron chi connectivity index (χ3n) is 3.00. The fraction of sp³-hybridized carbons (Fsp3) is 0.667. The Kier molecular flexibility index (Phi) is 5.68. The van der Waals surface area contributed by atoms with Gasteiger partial charge in [0.2, 0.25) is 16.0 Å². The van der Waals surface area contributed by atoms with Crippen molar-refractivity contribution in [1.29, 1.82) is 0 Å². The molecule has 0 aliphatic rings. The third kappa shape index (κ3) is 3.42. The van der Waals surface area contributed by atoms with Crippen LogP contribution in [0.4, 0.5) is 5.95 Å². The Balaban J connectivity index is 3.05. The highest BCUT2D eigenvalue weighted by Gasteiger charge is 2.22. The van der Waals surface area contributed by atoms with Crippen molar-refractivity contribution >= 4 is 16.0 Å². The summed E-state index contributed by atoms with van der Waals surface area (Å²) in [6.07, 6.45) is 2.77. The van der Waals surface area contributed by atoms with Crippen LogP contribution in [0.25, 0.3) is 0 Å². The number of sulfonamides is 1. The molecule has 19 heavy (non-hydrogen) atoms.